The first-order valence-electron chi connectivity index (χ1n) is 12.6. The van der Waals surface area contributed by atoms with Crippen LogP contribution in [0, 0.1) is 6.92 Å². The van der Waals surface area contributed by atoms with E-state index in [1.54, 1.807) is 10.7 Å². The molecule has 1 amide bonds. The van der Waals surface area contributed by atoms with Crippen molar-refractivity contribution < 1.29 is 13.9 Å². The minimum Gasteiger partial charge on any atom is -0.456 e. The number of pyridine rings is 1. The van der Waals surface area contributed by atoms with Crippen LogP contribution in [0.3, 0.4) is 0 Å². The molecule has 0 radical (unpaired) electrons. The molecule has 2 N–H and O–H groups in total. The number of amides is 1. The van der Waals surface area contributed by atoms with Gasteiger partial charge >= 0.3 is 6.01 Å². The van der Waals surface area contributed by atoms with E-state index in [9.17, 15) is 9.18 Å². The van der Waals surface area contributed by atoms with E-state index in [-0.39, 0.29) is 17.7 Å². The molecular weight excluding hydrogens is 477 g/mol. The molecule has 12 heteroatoms. The first-order valence-corrected chi connectivity index (χ1v) is 12.6. The van der Waals surface area contributed by atoms with Crippen LogP contribution in [0.1, 0.15) is 36.6 Å². The van der Waals surface area contributed by atoms with Gasteiger partial charge in [0.05, 0.1) is 18.4 Å². The quantitative estimate of drug-likeness (QED) is 0.432. The number of nitrogens with two attached hydrogens (primary N) is 1. The second-order valence-corrected chi connectivity index (χ2v) is 9.71. The first-order chi connectivity index (χ1) is 17.8. The minimum absolute atomic E-state index is 0.0354. The van der Waals surface area contributed by atoms with Crippen molar-refractivity contribution in [3.63, 3.8) is 0 Å². The topological polar surface area (TPSA) is 118 Å². The summed E-state index contributed by atoms with van der Waals surface area (Å²) in [5, 5.41) is 4.43. The van der Waals surface area contributed by atoms with Crippen LogP contribution in [0.4, 0.5) is 16.0 Å². The zero-order chi connectivity index (χ0) is 26.5. The van der Waals surface area contributed by atoms with E-state index < -0.39 is 12.8 Å². The highest BCUT2D eigenvalue weighted by Crippen LogP contribution is 2.23. The van der Waals surface area contributed by atoms with Gasteiger partial charge < -0.3 is 25.2 Å². The first kappa shape index (κ1) is 26.5. The molecular formula is C25H36FN9O2. The van der Waals surface area contributed by atoms with Crippen molar-refractivity contribution in [2.75, 3.05) is 64.1 Å². The Morgan fingerprint density at radius 1 is 1.22 bits per heavy atom. The maximum Gasteiger partial charge on any atom is 0.336 e. The molecule has 1 fully saturated rings. The number of nitrogens with zero attached hydrogens (tertiary/aromatic N) is 8. The number of hydrogen-bond acceptors (Lipinski definition) is 9. The molecule has 0 bridgehead atoms. The van der Waals surface area contributed by atoms with Crippen molar-refractivity contribution in [3.05, 3.63) is 35.3 Å². The lowest BCUT2D eigenvalue weighted by atomic mass is 10.1. The fourth-order valence-corrected chi connectivity index (χ4v) is 4.54. The van der Waals surface area contributed by atoms with E-state index in [0.29, 0.717) is 38.1 Å². The predicted octanol–water partition coefficient (Wildman–Crippen LogP) is 1.73. The number of rotatable bonds is 10. The van der Waals surface area contributed by atoms with Gasteiger partial charge in [-0.2, -0.15) is 4.98 Å². The fraction of sp³-hybridized carbons (Fsp3) is 0.560. The molecule has 1 saturated heterocycles. The Morgan fingerprint density at radius 3 is 2.62 bits per heavy atom. The smallest absolute Gasteiger partial charge is 0.336 e. The zero-order valence-corrected chi connectivity index (χ0v) is 22.0. The molecule has 0 unspecified atom stereocenters. The third-order valence-corrected chi connectivity index (χ3v) is 6.37. The number of aromatic nitrogens is 5. The van der Waals surface area contributed by atoms with Gasteiger partial charge in [0.1, 0.15) is 18.6 Å². The molecule has 1 atom stereocenters. The van der Waals surface area contributed by atoms with Crippen LogP contribution >= 0.6 is 0 Å². The number of aryl methyl sites for hydroxylation is 1. The van der Waals surface area contributed by atoms with Gasteiger partial charge in [-0.1, -0.05) is 19.4 Å². The molecule has 1 aliphatic heterocycles. The molecule has 0 saturated carbocycles. The van der Waals surface area contributed by atoms with E-state index in [0.717, 1.165) is 42.1 Å². The zero-order valence-electron chi connectivity index (χ0n) is 22.0. The average Bonchev–Trinajstić information content (AvgIpc) is 3.26. The maximum absolute atomic E-state index is 13.3. The van der Waals surface area contributed by atoms with E-state index in [4.69, 9.17) is 15.5 Å². The Hall–Kier alpha value is -3.54. The summed E-state index contributed by atoms with van der Waals surface area (Å²) >= 11 is 0. The number of likely N-dealkylation sites (N-methyl/N-ethyl adjacent to an activating group) is 1. The van der Waals surface area contributed by atoms with Crippen LogP contribution in [0.15, 0.2) is 18.5 Å². The van der Waals surface area contributed by atoms with Crippen LogP contribution in [0.2, 0.25) is 0 Å². The fourth-order valence-electron chi connectivity index (χ4n) is 4.54. The summed E-state index contributed by atoms with van der Waals surface area (Å²) in [7, 11) is 3.81. The van der Waals surface area contributed by atoms with Crippen molar-refractivity contribution in [1.29, 1.82) is 0 Å². The maximum atomic E-state index is 13.3. The second-order valence-electron chi connectivity index (χ2n) is 9.71. The number of hydrogen-bond donors (Lipinski definition) is 1. The number of alkyl halides is 1. The van der Waals surface area contributed by atoms with Crippen molar-refractivity contribution in [1.82, 2.24) is 34.4 Å². The van der Waals surface area contributed by atoms with Crippen LogP contribution in [0.25, 0.3) is 5.65 Å². The number of nitrogen functional groups attached to an aromatic ring is 1. The molecule has 3 aromatic heterocycles. The van der Waals surface area contributed by atoms with E-state index in [1.165, 1.54) is 0 Å². The van der Waals surface area contributed by atoms with Gasteiger partial charge in [-0.15, -0.1) is 5.10 Å². The van der Waals surface area contributed by atoms with E-state index >= 15 is 0 Å². The number of carbonyl (C=O) groups excluding carboxylic acids is 1. The van der Waals surface area contributed by atoms with Crippen LogP contribution in [-0.2, 0) is 11.2 Å². The molecule has 4 rings (SSSR count). The van der Waals surface area contributed by atoms with Gasteiger partial charge in [0.2, 0.25) is 5.91 Å². The molecule has 11 nitrogen and oxygen atoms in total. The molecule has 200 valence electrons. The highest BCUT2D eigenvalue weighted by molar-refractivity contribution is 5.78. The monoisotopic (exact) mass is 513 g/mol. The molecule has 0 spiro atoms. The number of halogens is 1. The number of ether oxygens (including phenoxy) is 1. The Morgan fingerprint density at radius 2 is 1.97 bits per heavy atom. The van der Waals surface area contributed by atoms with Gasteiger partial charge in [0, 0.05) is 38.8 Å². The van der Waals surface area contributed by atoms with Gasteiger partial charge in [-0.3, -0.25) is 4.79 Å². The summed E-state index contributed by atoms with van der Waals surface area (Å²) in [6.07, 6.45) is 4.83. The largest absolute Gasteiger partial charge is 0.456 e. The Balaban J connectivity index is 1.46. The number of fused-ring (bicyclic) bond motifs is 1. The van der Waals surface area contributed by atoms with Crippen LogP contribution in [-0.4, -0.2) is 99.9 Å². The summed E-state index contributed by atoms with van der Waals surface area (Å²) in [5.41, 5.74) is 9.36. The van der Waals surface area contributed by atoms with Crippen molar-refractivity contribution in [3.8, 4) is 6.01 Å². The Labute approximate surface area is 216 Å². The SMILES string of the molecule is CCC[C@H](CF)Oc1nc(N)c2ncc(Cc3cnc(N4CCN(C(=O)CN(C)C)CC4)c(C)c3)n2n1. The Bertz CT molecular complexity index is 1220. The lowest BCUT2D eigenvalue weighted by Gasteiger charge is -2.36. The van der Waals surface area contributed by atoms with E-state index in [1.807, 2.05) is 43.9 Å². The van der Waals surface area contributed by atoms with Gasteiger partial charge in [-0.25, -0.2) is 18.9 Å². The molecule has 37 heavy (non-hydrogen) atoms. The molecule has 1 aliphatic rings. The molecule has 3 aromatic rings. The second kappa shape index (κ2) is 11.7. The number of anilines is 2. The lowest BCUT2D eigenvalue weighted by Crippen LogP contribution is -2.51. The highest BCUT2D eigenvalue weighted by Gasteiger charge is 2.23. The molecule has 0 aliphatic carbocycles. The van der Waals surface area contributed by atoms with Crippen LogP contribution in [0.5, 0.6) is 6.01 Å². The number of piperazine rings is 1. The lowest BCUT2D eigenvalue weighted by molar-refractivity contribution is -0.132. The van der Waals surface area contributed by atoms with Crippen molar-refractivity contribution in [2.45, 2.75) is 39.2 Å². The normalized spacial score (nSPS) is 15.0. The standard InChI is InChI=1S/C25H36FN9O2/c1-5-6-20(13-26)37-25-30-22(27)24-29-15-19(35(24)31-25)12-18-11-17(2)23(28-14-18)34-9-7-33(8-10-34)21(36)16-32(3)4/h11,14-15,20H,5-10,12-13,16H2,1-4H3,(H2,27,30,31)/t20-/m1/s1. The van der Waals surface area contributed by atoms with Crippen molar-refractivity contribution in [2.24, 2.45) is 0 Å². The summed E-state index contributed by atoms with van der Waals surface area (Å²) in [6, 6.07) is 2.14. The summed E-state index contributed by atoms with van der Waals surface area (Å²) in [6.45, 7) is 6.68. The van der Waals surface area contributed by atoms with Gasteiger partial charge in [0.15, 0.2) is 11.5 Å². The van der Waals surface area contributed by atoms with Crippen molar-refractivity contribution >= 4 is 23.2 Å². The number of carbonyl (C=O) groups is 1. The number of imidazole rings is 1. The Kier molecular flexibility index (Phi) is 8.37. The third kappa shape index (κ3) is 6.24. The summed E-state index contributed by atoms with van der Waals surface area (Å²) in [4.78, 5) is 31.6. The summed E-state index contributed by atoms with van der Waals surface area (Å²) in [5.74, 6) is 1.26. The molecule has 4 heterocycles. The average molecular weight is 514 g/mol. The van der Waals surface area contributed by atoms with Gasteiger partial charge in [0.25, 0.3) is 0 Å². The minimum atomic E-state index is -0.620. The molecule has 0 aromatic carbocycles. The predicted molar refractivity (Wildman–Crippen MR) is 140 cm³/mol. The van der Waals surface area contributed by atoms with Crippen LogP contribution < -0.4 is 15.4 Å². The third-order valence-electron chi connectivity index (χ3n) is 6.37. The van der Waals surface area contributed by atoms with Gasteiger partial charge in [-0.05, 0) is 38.6 Å². The van der Waals surface area contributed by atoms with E-state index in [2.05, 4.69) is 26.0 Å². The highest BCUT2D eigenvalue weighted by atomic mass is 19.1. The summed E-state index contributed by atoms with van der Waals surface area (Å²) < 4.78 is 20.5.